The summed E-state index contributed by atoms with van der Waals surface area (Å²) < 4.78 is 0.908. The van der Waals surface area contributed by atoms with E-state index in [-0.39, 0.29) is 24.5 Å². The lowest BCUT2D eigenvalue weighted by atomic mass is 10.1. The lowest BCUT2D eigenvalue weighted by Crippen LogP contribution is -2.39. The van der Waals surface area contributed by atoms with Crippen molar-refractivity contribution < 1.29 is 14.6 Å². The molecule has 2 aromatic carbocycles. The van der Waals surface area contributed by atoms with Gasteiger partial charge < -0.3 is 4.90 Å². The maximum Gasteiger partial charge on any atom is 0.277 e. The van der Waals surface area contributed by atoms with Gasteiger partial charge in [0, 0.05) is 25.2 Å². The van der Waals surface area contributed by atoms with E-state index in [1.54, 1.807) is 0 Å². The Kier molecular flexibility index (Phi) is 8.80. The van der Waals surface area contributed by atoms with Crippen molar-refractivity contribution in [2.75, 3.05) is 31.1 Å². The molecule has 0 radical (unpaired) electrons. The molecule has 0 spiro atoms. The van der Waals surface area contributed by atoms with Crippen molar-refractivity contribution in [1.82, 2.24) is 9.88 Å². The highest BCUT2D eigenvalue weighted by Crippen LogP contribution is 2.32. The first-order valence-electron chi connectivity index (χ1n) is 10.1. The number of rotatable bonds is 9. The summed E-state index contributed by atoms with van der Waals surface area (Å²) in [5, 5.41) is 23.0. The average molecular weight is 494 g/mol. The van der Waals surface area contributed by atoms with Gasteiger partial charge in [-0.05, 0) is 31.6 Å². The summed E-state index contributed by atoms with van der Waals surface area (Å²) in [6.07, 6.45) is 0. The van der Waals surface area contributed by atoms with Crippen molar-refractivity contribution >= 4 is 56.4 Å². The maximum absolute atomic E-state index is 13.5. The standard InChI is InChI=1S/C21H23N5O5S.ClH/c1-4-23(5-2)9-10-24(21-22-19-14(3)7-6-8-18(19)32-21)20(27)15-11-16(25(28)29)13-17(12-15)26(30)31;/h6-8,11-13H,4-5,9-10H2,1-3H3;1H. The molecule has 1 heterocycles. The van der Waals surface area contributed by atoms with Gasteiger partial charge in [0.15, 0.2) is 5.13 Å². The second kappa shape index (κ2) is 11.1. The Balaban J connectivity index is 0.00000385. The van der Waals surface area contributed by atoms with E-state index in [9.17, 15) is 25.0 Å². The number of amides is 1. The van der Waals surface area contributed by atoms with Gasteiger partial charge in [0.25, 0.3) is 17.3 Å². The topological polar surface area (TPSA) is 123 Å². The summed E-state index contributed by atoms with van der Waals surface area (Å²) in [6, 6.07) is 8.73. The number of nitro groups is 2. The number of fused-ring (bicyclic) bond motifs is 1. The van der Waals surface area contributed by atoms with Gasteiger partial charge in [-0.15, -0.1) is 12.4 Å². The molecule has 3 aromatic rings. The van der Waals surface area contributed by atoms with Crippen LogP contribution in [0.4, 0.5) is 16.5 Å². The summed E-state index contributed by atoms with van der Waals surface area (Å²) >= 11 is 1.34. The molecule has 10 nitrogen and oxygen atoms in total. The quantitative estimate of drug-likeness (QED) is 0.309. The van der Waals surface area contributed by atoms with Crippen molar-refractivity contribution in [2.24, 2.45) is 0 Å². The van der Waals surface area contributed by atoms with Crippen molar-refractivity contribution in [3.8, 4) is 0 Å². The molecule has 3 rings (SSSR count). The first-order chi connectivity index (χ1) is 15.2. The predicted octanol–water partition coefficient (Wildman–Crippen LogP) is 4.83. The molecule has 12 heteroatoms. The van der Waals surface area contributed by atoms with Gasteiger partial charge in [-0.1, -0.05) is 37.3 Å². The normalized spacial score (nSPS) is 10.8. The third kappa shape index (κ3) is 5.81. The van der Waals surface area contributed by atoms with Gasteiger partial charge >= 0.3 is 0 Å². The number of carbonyl (C=O) groups excluding carboxylic acids is 1. The van der Waals surface area contributed by atoms with Crippen molar-refractivity contribution in [3.63, 3.8) is 0 Å². The van der Waals surface area contributed by atoms with Gasteiger partial charge in [-0.2, -0.15) is 0 Å². The van der Waals surface area contributed by atoms with Gasteiger partial charge in [-0.3, -0.25) is 29.9 Å². The molecule has 0 aliphatic carbocycles. The number of halogens is 1. The minimum atomic E-state index is -0.745. The number of non-ortho nitro benzene ring substituents is 2. The molecule has 33 heavy (non-hydrogen) atoms. The number of hydrogen-bond acceptors (Lipinski definition) is 8. The molecule has 0 N–H and O–H groups in total. The third-order valence-corrected chi connectivity index (χ3v) is 6.23. The number of likely N-dealkylation sites (N-methyl/N-ethyl adjacent to an activating group) is 1. The molecule has 176 valence electrons. The zero-order chi connectivity index (χ0) is 23.4. The Morgan fingerprint density at radius 2 is 1.64 bits per heavy atom. The van der Waals surface area contributed by atoms with Gasteiger partial charge in [0.2, 0.25) is 0 Å². The lowest BCUT2D eigenvalue weighted by molar-refractivity contribution is -0.394. The molecule has 0 aliphatic heterocycles. The van der Waals surface area contributed by atoms with E-state index in [1.807, 2.05) is 39.0 Å². The minimum Gasteiger partial charge on any atom is -0.302 e. The van der Waals surface area contributed by atoms with Crippen molar-refractivity contribution in [2.45, 2.75) is 20.8 Å². The van der Waals surface area contributed by atoms with Crippen LogP contribution in [-0.4, -0.2) is 51.8 Å². The SMILES string of the molecule is CCN(CC)CCN(C(=O)c1cc([N+](=O)[O-])cc([N+](=O)[O-])c1)c1nc2c(C)cccc2s1.Cl. The lowest BCUT2D eigenvalue weighted by Gasteiger charge is -2.24. The predicted molar refractivity (Wildman–Crippen MR) is 131 cm³/mol. The molecule has 1 aromatic heterocycles. The first kappa shape index (κ1) is 26.1. The van der Waals surface area contributed by atoms with Crippen LogP contribution in [-0.2, 0) is 0 Å². The summed E-state index contributed by atoms with van der Waals surface area (Å²) in [4.78, 5) is 42.8. The molecule has 0 saturated heterocycles. The van der Waals surface area contributed by atoms with Crippen LogP contribution in [0.25, 0.3) is 10.2 Å². The Morgan fingerprint density at radius 3 is 2.15 bits per heavy atom. The zero-order valence-corrected chi connectivity index (χ0v) is 20.0. The van der Waals surface area contributed by atoms with Gasteiger partial charge in [0.1, 0.15) is 0 Å². The van der Waals surface area contributed by atoms with E-state index < -0.39 is 27.1 Å². The highest BCUT2D eigenvalue weighted by atomic mass is 35.5. The summed E-state index contributed by atoms with van der Waals surface area (Å²) in [5.74, 6) is -0.569. The molecule has 0 saturated carbocycles. The van der Waals surface area contributed by atoms with E-state index in [4.69, 9.17) is 0 Å². The molecule has 1 amide bonds. The van der Waals surface area contributed by atoms with Crippen LogP contribution in [0, 0.1) is 27.2 Å². The number of carbonyl (C=O) groups is 1. The summed E-state index contributed by atoms with van der Waals surface area (Å²) in [6.45, 7) is 8.39. The van der Waals surface area contributed by atoms with Crippen molar-refractivity contribution in [1.29, 1.82) is 0 Å². The van der Waals surface area contributed by atoms with E-state index in [2.05, 4.69) is 9.88 Å². The van der Waals surface area contributed by atoms with Crippen LogP contribution < -0.4 is 4.90 Å². The van der Waals surface area contributed by atoms with E-state index in [0.717, 1.165) is 47.1 Å². The van der Waals surface area contributed by atoms with Crippen LogP contribution in [0.5, 0.6) is 0 Å². The maximum atomic E-state index is 13.5. The molecule has 0 atom stereocenters. The van der Waals surface area contributed by atoms with E-state index >= 15 is 0 Å². The second-order valence-corrected chi connectivity index (χ2v) is 8.16. The minimum absolute atomic E-state index is 0. The Morgan fingerprint density at radius 1 is 1.03 bits per heavy atom. The second-order valence-electron chi connectivity index (χ2n) is 7.15. The summed E-state index contributed by atoms with van der Waals surface area (Å²) in [5.41, 5.74) is 0.601. The third-order valence-electron chi connectivity index (χ3n) is 5.19. The molecule has 0 fully saturated rings. The molecular formula is C21H24ClN5O5S. The average Bonchev–Trinajstić information content (AvgIpc) is 3.21. The fourth-order valence-corrected chi connectivity index (χ4v) is 4.41. The summed E-state index contributed by atoms with van der Waals surface area (Å²) in [7, 11) is 0. The Bertz CT molecular complexity index is 1150. The fourth-order valence-electron chi connectivity index (χ4n) is 3.34. The molecular weight excluding hydrogens is 470 g/mol. The van der Waals surface area contributed by atoms with Gasteiger partial charge in [-0.25, -0.2) is 4.98 Å². The molecule has 0 unspecified atom stereocenters. The van der Waals surface area contributed by atoms with Crippen LogP contribution in [0.1, 0.15) is 29.8 Å². The smallest absolute Gasteiger partial charge is 0.277 e. The highest BCUT2D eigenvalue weighted by molar-refractivity contribution is 7.22. The number of nitro benzene ring substituents is 2. The van der Waals surface area contributed by atoms with Crippen LogP contribution in [0.3, 0.4) is 0 Å². The first-order valence-corrected chi connectivity index (χ1v) is 10.9. The molecule has 0 bridgehead atoms. The zero-order valence-electron chi connectivity index (χ0n) is 18.4. The number of aryl methyl sites for hydroxylation is 1. The number of para-hydroxylation sites is 1. The monoisotopic (exact) mass is 493 g/mol. The highest BCUT2D eigenvalue weighted by Gasteiger charge is 2.26. The fraction of sp³-hybridized carbons (Fsp3) is 0.333. The number of benzene rings is 2. The van der Waals surface area contributed by atoms with Crippen molar-refractivity contribution in [3.05, 3.63) is 67.8 Å². The number of nitrogens with zero attached hydrogens (tertiary/aromatic N) is 5. The number of hydrogen-bond donors (Lipinski definition) is 0. The van der Waals surface area contributed by atoms with E-state index in [0.29, 0.717) is 11.7 Å². The number of aromatic nitrogens is 1. The van der Waals surface area contributed by atoms with Crippen LogP contribution in [0.2, 0.25) is 0 Å². The van der Waals surface area contributed by atoms with Gasteiger partial charge in [0.05, 0.1) is 31.7 Å². The van der Waals surface area contributed by atoms with Crippen LogP contribution in [0.15, 0.2) is 36.4 Å². The largest absolute Gasteiger partial charge is 0.302 e. The molecule has 0 aliphatic rings. The Hall–Kier alpha value is -3.15. The Labute approximate surface area is 200 Å². The van der Waals surface area contributed by atoms with E-state index in [1.165, 1.54) is 16.2 Å². The number of thiazole rings is 1. The number of anilines is 1. The van der Waals surface area contributed by atoms with Crippen LogP contribution >= 0.6 is 23.7 Å².